The summed E-state index contributed by atoms with van der Waals surface area (Å²) in [7, 11) is -2.47. The molecule has 0 N–H and O–H groups in total. The first-order valence-corrected chi connectivity index (χ1v) is 10.9. The highest BCUT2D eigenvalue weighted by Crippen LogP contribution is 2.23. The fourth-order valence-electron chi connectivity index (χ4n) is 2.42. The standard InChI is InChI=1S/C18H21ClN2O4S2/c1-4-21(11-15-7-10-17(19)26-15)18(23)12-20(3)27(24,25)16-8-5-14(6-9-16)13(2)22/h5-10H,4,11-12H2,1-3H3. The smallest absolute Gasteiger partial charge is 0.243 e. The Morgan fingerprint density at radius 2 is 1.74 bits per heavy atom. The number of hydrogen-bond donors (Lipinski definition) is 0. The van der Waals surface area contributed by atoms with Crippen molar-refractivity contribution in [1.82, 2.24) is 9.21 Å². The number of sulfonamides is 1. The Bertz CT molecular complexity index is 923. The monoisotopic (exact) mass is 428 g/mol. The molecular formula is C18H21ClN2O4S2. The molecule has 146 valence electrons. The van der Waals surface area contributed by atoms with Crippen LogP contribution in [0.4, 0.5) is 0 Å². The summed E-state index contributed by atoms with van der Waals surface area (Å²) in [6.45, 7) is 3.81. The Labute approximate surface area is 168 Å². The average molecular weight is 429 g/mol. The van der Waals surface area contributed by atoms with Gasteiger partial charge >= 0.3 is 0 Å². The van der Waals surface area contributed by atoms with Gasteiger partial charge in [0.25, 0.3) is 0 Å². The van der Waals surface area contributed by atoms with Gasteiger partial charge in [0.05, 0.1) is 22.3 Å². The molecule has 2 rings (SSSR count). The van der Waals surface area contributed by atoms with Crippen LogP contribution in [0.15, 0.2) is 41.3 Å². The third kappa shape index (κ3) is 5.38. The number of carbonyl (C=O) groups is 2. The van der Waals surface area contributed by atoms with E-state index in [4.69, 9.17) is 11.6 Å². The van der Waals surface area contributed by atoms with Crippen LogP contribution in [0.5, 0.6) is 0 Å². The number of thiophene rings is 1. The largest absolute Gasteiger partial charge is 0.337 e. The molecule has 0 saturated carbocycles. The first kappa shape index (κ1) is 21.6. The van der Waals surface area contributed by atoms with Crippen LogP contribution in [0, 0.1) is 0 Å². The molecular weight excluding hydrogens is 408 g/mol. The van der Waals surface area contributed by atoms with Gasteiger partial charge in [0.15, 0.2) is 5.78 Å². The minimum absolute atomic E-state index is 0.0379. The number of amides is 1. The number of Topliss-reactive ketones (excluding diaryl/α,β-unsaturated/α-hetero) is 1. The lowest BCUT2D eigenvalue weighted by Crippen LogP contribution is -2.40. The van der Waals surface area contributed by atoms with E-state index in [1.54, 1.807) is 11.0 Å². The van der Waals surface area contributed by atoms with Gasteiger partial charge in [-0.1, -0.05) is 23.7 Å². The van der Waals surface area contributed by atoms with E-state index in [-0.39, 0.29) is 23.1 Å². The van der Waals surface area contributed by atoms with E-state index < -0.39 is 10.0 Å². The predicted octanol–water partition coefficient (Wildman–Crippen LogP) is 3.27. The number of nitrogens with zero attached hydrogens (tertiary/aromatic N) is 2. The highest BCUT2D eigenvalue weighted by Gasteiger charge is 2.25. The summed E-state index contributed by atoms with van der Waals surface area (Å²) in [6, 6.07) is 9.28. The summed E-state index contributed by atoms with van der Waals surface area (Å²) in [5.41, 5.74) is 0.430. The van der Waals surface area contributed by atoms with Crippen molar-refractivity contribution in [2.24, 2.45) is 0 Å². The Morgan fingerprint density at radius 3 is 2.22 bits per heavy atom. The number of likely N-dealkylation sites (N-methyl/N-ethyl adjacent to an activating group) is 2. The maximum Gasteiger partial charge on any atom is 0.243 e. The van der Waals surface area contributed by atoms with Crippen LogP contribution in [-0.2, 0) is 21.4 Å². The van der Waals surface area contributed by atoms with Crippen molar-refractivity contribution in [2.75, 3.05) is 20.1 Å². The average Bonchev–Trinajstić information content (AvgIpc) is 3.04. The van der Waals surface area contributed by atoms with E-state index in [1.807, 2.05) is 13.0 Å². The van der Waals surface area contributed by atoms with Gasteiger partial charge in [-0.2, -0.15) is 4.31 Å². The van der Waals surface area contributed by atoms with Gasteiger partial charge in [-0.25, -0.2) is 8.42 Å². The lowest BCUT2D eigenvalue weighted by molar-refractivity contribution is -0.131. The first-order valence-electron chi connectivity index (χ1n) is 8.24. The molecule has 0 spiro atoms. The molecule has 1 heterocycles. The fourth-order valence-corrected chi connectivity index (χ4v) is 4.64. The molecule has 1 aromatic heterocycles. The zero-order valence-electron chi connectivity index (χ0n) is 15.3. The van der Waals surface area contributed by atoms with E-state index in [0.29, 0.717) is 23.0 Å². The molecule has 0 aliphatic rings. The summed E-state index contributed by atoms with van der Waals surface area (Å²) in [6.07, 6.45) is 0. The zero-order valence-corrected chi connectivity index (χ0v) is 17.7. The van der Waals surface area contributed by atoms with Crippen molar-refractivity contribution in [3.8, 4) is 0 Å². The summed E-state index contributed by atoms with van der Waals surface area (Å²) in [4.78, 5) is 26.4. The second kappa shape index (κ2) is 8.97. The quantitative estimate of drug-likeness (QED) is 0.605. The normalized spacial score (nSPS) is 11.6. The molecule has 0 saturated heterocycles. The molecule has 2 aromatic rings. The zero-order chi connectivity index (χ0) is 20.2. The second-order valence-corrected chi connectivity index (χ2v) is 9.80. The molecule has 0 unspecified atom stereocenters. The molecule has 0 atom stereocenters. The minimum atomic E-state index is -3.83. The van der Waals surface area contributed by atoms with E-state index in [9.17, 15) is 18.0 Å². The number of ketones is 1. The summed E-state index contributed by atoms with van der Waals surface area (Å²) >= 11 is 7.30. The van der Waals surface area contributed by atoms with Gasteiger partial charge < -0.3 is 4.90 Å². The number of benzene rings is 1. The summed E-state index contributed by atoms with van der Waals surface area (Å²) in [5, 5.41) is 0. The first-order chi connectivity index (χ1) is 12.6. The van der Waals surface area contributed by atoms with Crippen molar-refractivity contribution < 1.29 is 18.0 Å². The maximum absolute atomic E-state index is 12.7. The summed E-state index contributed by atoms with van der Waals surface area (Å²) in [5.74, 6) is -0.441. The third-order valence-electron chi connectivity index (χ3n) is 4.04. The van der Waals surface area contributed by atoms with E-state index in [2.05, 4.69) is 0 Å². The van der Waals surface area contributed by atoms with Gasteiger partial charge in [-0.15, -0.1) is 11.3 Å². The van der Waals surface area contributed by atoms with E-state index >= 15 is 0 Å². The van der Waals surface area contributed by atoms with Gasteiger partial charge in [0.2, 0.25) is 15.9 Å². The predicted molar refractivity (Wildman–Crippen MR) is 107 cm³/mol. The van der Waals surface area contributed by atoms with Crippen molar-refractivity contribution in [3.63, 3.8) is 0 Å². The molecule has 0 aliphatic heterocycles. The van der Waals surface area contributed by atoms with Crippen molar-refractivity contribution >= 4 is 44.7 Å². The molecule has 0 radical (unpaired) electrons. The SMILES string of the molecule is CCN(Cc1ccc(Cl)s1)C(=O)CN(C)S(=O)(=O)c1ccc(C(C)=O)cc1. The third-order valence-corrected chi connectivity index (χ3v) is 7.07. The Hall–Kier alpha value is -1.74. The van der Waals surface area contributed by atoms with E-state index in [1.165, 1.54) is 49.6 Å². The van der Waals surface area contributed by atoms with Crippen LogP contribution in [0.2, 0.25) is 4.34 Å². The van der Waals surface area contributed by atoms with Crippen LogP contribution in [0.25, 0.3) is 0 Å². The van der Waals surface area contributed by atoms with Gasteiger partial charge in [0, 0.05) is 24.0 Å². The van der Waals surface area contributed by atoms with Crippen LogP contribution in [-0.4, -0.2) is 49.5 Å². The maximum atomic E-state index is 12.7. The lowest BCUT2D eigenvalue weighted by atomic mass is 10.2. The van der Waals surface area contributed by atoms with E-state index in [0.717, 1.165) is 9.18 Å². The Kier molecular flexibility index (Phi) is 7.16. The highest BCUT2D eigenvalue weighted by atomic mass is 35.5. The molecule has 0 bridgehead atoms. The summed E-state index contributed by atoms with van der Waals surface area (Å²) < 4.78 is 27.0. The number of hydrogen-bond acceptors (Lipinski definition) is 5. The Morgan fingerprint density at radius 1 is 1.11 bits per heavy atom. The Balaban J connectivity index is 2.09. The van der Waals surface area contributed by atoms with Gasteiger partial charge in [-0.05, 0) is 38.1 Å². The number of halogens is 1. The van der Waals surface area contributed by atoms with Gasteiger partial charge in [-0.3, -0.25) is 9.59 Å². The fraction of sp³-hybridized carbons (Fsp3) is 0.333. The van der Waals surface area contributed by atoms with Crippen LogP contribution in [0.1, 0.15) is 29.1 Å². The van der Waals surface area contributed by atoms with Crippen LogP contribution < -0.4 is 0 Å². The molecule has 1 aromatic carbocycles. The highest BCUT2D eigenvalue weighted by molar-refractivity contribution is 7.89. The topological polar surface area (TPSA) is 74.8 Å². The van der Waals surface area contributed by atoms with Crippen LogP contribution >= 0.6 is 22.9 Å². The van der Waals surface area contributed by atoms with Crippen molar-refractivity contribution in [1.29, 1.82) is 0 Å². The lowest BCUT2D eigenvalue weighted by Gasteiger charge is -2.24. The number of carbonyl (C=O) groups excluding carboxylic acids is 2. The molecule has 6 nitrogen and oxygen atoms in total. The minimum Gasteiger partial charge on any atom is -0.337 e. The molecule has 1 amide bonds. The molecule has 9 heteroatoms. The van der Waals surface area contributed by atoms with Crippen molar-refractivity contribution in [3.05, 3.63) is 51.2 Å². The number of rotatable bonds is 8. The van der Waals surface area contributed by atoms with Crippen molar-refractivity contribution in [2.45, 2.75) is 25.3 Å². The molecule has 27 heavy (non-hydrogen) atoms. The molecule has 0 aliphatic carbocycles. The second-order valence-electron chi connectivity index (χ2n) is 5.96. The van der Waals surface area contributed by atoms with Gasteiger partial charge in [0.1, 0.15) is 0 Å². The molecule has 0 fully saturated rings. The van der Waals surface area contributed by atoms with Crippen LogP contribution in [0.3, 0.4) is 0 Å².